The van der Waals surface area contributed by atoms with Crippen LogP contribution < -0.4 is 10.1 Å². The number of nitrogens with one attached hydrogen (secondary N) is 1. The summed E-state index contributed by atoms with van der Waals surface area (Å²) in [7, 11) is 0. The van der Waals surface area contributed by atoms with Gasteiger partial charge in [0.25, 0.3) is 0 Å². The molecule has 2 saturated heterocycles. The fraction of sp³-hybridized carbons (Fsp3) is 0.526. The molecule has 26 heavy (non-hydrogen) atoms. The molecule has 2 aliphatic rings. The van der Waals surface area contributed by atoms with E-state index < -0.39 is 6.36 Å². The molecule has 0 saturated carbocycles. The average Bonchev–Trinajstić information content (AvgIpc) is 2.91. The fourth-order valence-corrected chi connectivity index (χ4v) is 3.74. The van der Waals surface area contributed by atoms with Crippen LogP contribution in [0.15, 0.2) is 24.3 Å². The van der Waals surface area contributed by atoms with Crippen molar-refractivity contribution in [2.45, 2.75) is 26.1 Å². The Bertz CT molecular complexity index is 674. The lowest BCUT2D eigenvalue weighted by Gasteiger charge is -2.19. The topological polar surface area (TPSA) is 41.6 Å². The third-order valence-electron chi connectivity index (χ3n) is 5.21. The molecule has 2 heterocycles. The first-order valence-electron chi connectivity index (χ1n) is 8.86. The van der Waals surface area contributed by atoms with Gasteiger partial charge in [-0.15, -0.1) is 13.2 Å². The number of amides is 1. The van der Waals surface area contributed by atoms with Gasteiger partial charge in [-0.05, 0) is 74.0 Å². The van der Waals surface area contributed by atoms with Crippen LogP contribution in [0.2, 0.25) is 0 Å². The van der Waals surface area contributed by atoms with E-state index in [0.717, 1.165) is 39.0 Å². The van der Waals surface area contributed by atoms with Crippen LogP contribution in [0, 0.1) is 18.8 Å². The van der Waals surface area contributed by atoms with E-state index in [1.165, 1.54) is 24.3 Å². The lowest BCUT2D eigenvalue weighted by Crippen LogP contribution is -2.31. The lowest BCUT2D eigenvalue weighted by atomic mass is 9.92. The summed E-state index contributed by atoms with van der Waals surface area (Å²) in [5.41, 5.74) is 1.32. The molecule has 1 aromatic carbocycles. The molecule has 2 atom stereocenters. The Balaban J connectivity index is 1.61. The maximum atomic E-state index is 12.5. The lowest BCUT2D eigenvalue weighted by molar-refractivity contribution is -0.274. The first kappa shape index (κ1) is 18.8. The maximum Gasteiger partial charge on any atom is 0.573 e. The summed E-state index contributed by atoms with van der Waals surface area (Å²) >= 11 is 0. The molecule has 0 aliphatic carbocycles. The van der Waals surface area contributed by atoms with Crippen LogP contribution in [0.5, 0.6) is 5.75 Å². The number of benzene rings is 1. The molecule has 0 radical (unpaired) electrons. The largest absolute Gasteiger partial charge is 0.573 e. The van der Waals surface area contributed by atoms with Gasteiger partial charge in [-0.25, -0.2) is 0 Å². The highest BCUT2D eigenvalue weighted by atomic mass is 19.4. The summed E-state index contributed by atoms with van der Waals surface area (Å²) in [5.74, 6) is 1.000. The van der Waals surface area contributed by atoms with Gasteiger partial charge in [0.05, 0.1) is 0 Å². The molecule has 7 heteroatoms. The van der Waals surface area contributed by atoms with E-state index in [9.17, 15) is 18.0 Å². The van der Waals surface area contributed by atoms with Crippen LogP contribution >= 0.6 is 0 Å². The van der Waals surface area contributed by atoms with Gasteiger partial charge in [-0.1, -0.05) is 6.07 Å². The molecule has 2 aliphatic heterocycles. The van der Waals surface area contributed by atoms with Crippen molar-refractivity contribution >= 4 is 12.0 Å². The van der Waals surface area contributed by atoms with Gasteiger partial charge in [0.15, 0.2) is 0 Å². The smallest absolute Gasteiger partial charge is 0.406 e. The van der Waals surface area contributed by atoms with Gasteiger partial charge in [-0.2, -0.15) is 0 Å². The molecule has 3 rings (SSSR count). The highest BCUT2D eigenvalue weighted by Gasteiger charge is 2.32. The average molecular weight is 368 g/mol. The van der Waals surface area contributed by atoms with E-state index >= 15 is 0 Å². The van der Waals surface area contributed by atoms with Gasteiger partial charge in [-0.3, -0.25) is 4.79 Å². The number of halogens is 3. The summed E-state index contributed by atoms with van der Waals surface area (Å²) in [4.78, 5) is 14.3. The maximum absolute atomic E-state index is 12.5. The van der Waals surface area contributed by atoms with Crippen LogP contribution in [0.3, 0.4) is 0 Å². The monoisotopic (exact) mass is 368 g/mol. The van der Waals surface area contributed by atoms with E-state index in [1.807, 2.05) is 4.90 Å². The number of alkyl halides is 3. The van der Waals surface area contributed by atoms with Gasteiger partial charge >= 0.3 is 6.36 Å². The minimum Gasteiger partial charge on any atom is -0.406 e. The van der Waals surface area contributed by atoms with E-state index in [0.29, 0.717) is 23.0 Å². The summed E-state index contributed by atoms with van der Waals surface area (Å²) in [6.07, 6.45) is 0.480. The SMILES string of the molecule is Cc1cc(OC(F)(F)F)ccc1/C=C/C(=O)N1CC[C@@H]2CNC[C@@H]2CC1. The number of nitrogens with zero attached hydrogens (tertiary/aromatic N) is 1. The third-order valence-corrected chi connectivity index (χ3v) is 5.21. The number of hydrogen-bond donors (Lipinski definition) is 1. The van der Waals surface area contributed by atoms with Crippen molar-refractivity contribution in [3.8, 4) is 5.75 Å². The molecule has 0 spiro atoms. The van der Waals surface area contributed by atoms with Gasteiger partial charge in [0.2, 0.25) is 5.91 Å². The van der Waals surface area contributed by atoms with Crippen LogP contribution in [-0.4, -0.2) is 43.3 Å². The van der Waals surface area contributed by atoms with Crippen molar-refractivity contribution in [3.05, 3.63) is 35.4 Å². The van der Waals surface area contributed by atoms with Crippen LogP contribution in [0.25, 0.3) is 6.08 Å². The number of likely N-dealkylation sites (tertiary alicyclic amines) is 1. The second-order valence-corrected chi connectivity index (χ2v) is 6.98. The second-order valence-electron chi connectivity index (χ2n) is 6.98. The van der Waals surface area contributed by atoms with Crippen molar-refractivity contribution in [2.24, 2.45) is 11.8 Å². The van der Waals surface area contributed by atoms with E-state index in [2.05, 4.69) is 10.1 Å². The Hall–Kier alpha value is -2.02. The summed E-state index contributed by atoms with van der Waals surface area (Å²) < 4.78 is 40.7. The molecule has 0 unspecified atom stereocenters. The molecule has 1 N–H and O–H groups in total. The summed E-state index contributed by atoms with van der Waals surface area (Å²) in [5, 5.41) is 3.41. The Morgan fingerprint density at radius 3 is 2.46 bits per heavy atom. The van der Waals surface area contributed by atoms with Crippen molar-refractivity contribution in [1.29, 1.82) is 0 Å². The Morgan fingerprint density at radius 1 is 1.23 bits per heavy atom. The van der Waals surface area contributed by atoms with Gasteiger partial charge in [0.1, 0.15) is 5.75 Å². The number of carbonyl (C=O) groups excluding carboxylic acids is 1. The molecule has 1 amide bonds. The number of aryl methyl sites for hydroxylation is 1. The zero-order chi connectivity index (χ0) is 18.7. The van der Waals surface area contributed by atoms with Crippen LogP contribution in [-0.2, 0) is 4.79 Å². The number of carbonyl (C=O) groups is 1. The van der Waals surface area contributed by atoms with E-state index in [1.54, 1.807) is 13.0 Å². The van der Waals surface area contributed by atoms with Crippen LogP contribution in [0.1, 0.15) is 24.0 Å². The first-order valence-corrected chi connectivity index (χ1v) is 8.86. The molecule has 2 fully saturated rings. The molecule has 0 aromatic heterocycles. The number of ether oxygens (including phenoxy) is 1. The number of fused-ring (bicyclic) bond motifs is 1. The van der Waals surface area contributed by atoms with Crippen molar-refractivity contribution in [3.63, 3.8) is 0 Å². The molecule has 1 aromatic rings. The Morgan fingerprint density at radius 2 is 1.88 bits per heavy atom. The Kier molecular flexibility index (Phi) is 5.55. The van der Waals surface area contributed by atoms with Gasteiger partial charge < -0.3 is 15.0 Å². The zero-order valence-electron chi connectivity index (χ0n) is 14.7. The highest BCUT2D eigenvalue weighted by molar-refractivity contribution is 5.92. The van der Waals surface area contributed by atoms with Crippen molar-refractivity contribution in [1.82, 2.24) is 10.2 Å². The summed E-state index contributed by atoms with van der Waals surface area (Å²) in [6, 6.07) is 4.10. The quantitative estimate of drug-likeness (QED) is 0.832. The number of rotatable bonds is 3. The van der Waals surface area contributed by atoms with Crippen molar-refractivity contribution < 1.29 is 22.7 Å². The number of hydrogen-bond acceptors (Lipinski definition) is 3. The minimum atomic E-state index is -4.71. The minimum absolute atomic E-state index is 0.0482. The molecular formula is C19H23F3N2O2. The highest BCUT2D eigenvalue weighted by Crippen LogP contribution is 2.28. The summed E-state index contributed by atoms with van der Waals surface area (Å²) in [6.45, 7) is 5.27. The van der Waals surface area contributed by atoms with Crippen LogP contribution in [0.4, 0.5) is 13.2 Å². The van der Waals surface area contributed by atoms with E-state index in [4.69, 9.17) is 0 Å². The Labute approximate surface area is 151 Å². The van der Waals surface area contributed by atoms with Crippen molar-refractivity contribution in [2.75, 3.05) is 26.2 Å². The van der Waals surface area contributed by atoms with E-state index in [-0.39, 0.29) is 11.7 Å². The normalized spacial score (nSPS) is 23.8. The second kappa shape index (κ2) is 7.70. The molecular weight excluding hydrogens is 345 g/mol. The molecule has 0 bridgehead atoms. The zero-order valence-corrected chi connectivity index (χ0v) is 14.7. The molecule has 142 valence electrons. The standard InChI is InChI=1S/C19H23F3N2O2/c1-13-10-17(26-19(20,21)22)4-2-14(13)3-5-18(25)24-8-6-15-11-23-12-16(15)7-9-24/h2-5,10,15-16,23H,6-9,11-12H2,1H3/b5-3+/t15-,16+. The molecule has 4 nitrogen and oxygen atoms in total. The van der Waals surface area contributed by atoms with Gasteiger partial charge in [0, 0.05) is 19.2 Å². The fourth-order valence-electron chi connectivity index (χ4n) is 3.74. The third kappa shape index (κ3) is 4.78. The predicted octanol–water partition coefficient (Wildman–Crippen LogP) is 3.36. The first-order chi connectivity index (χ1) is 12.3. The predicted molar refractivity (Wildman–Crippen MR) is 92.6 cm³/mol.